The molecule has 0 aliphatic carbocycles. The predicted molar refractivity (Wildman–Crippen MR) is 102 cm³/mol. The van der Waals surface area contributed by atoms with Crippen molar-refractivity contribution in [2.75, 3.05) is 11.9 Å². The lowest BCUT2D eigenvalue weighted by Crippen LogP contribution is -2.32. The van der Waals surface area contributed by atoms with Gasteiger partial charge in [-0.2, -0.15) is 0 Å². The summed E-state index contributed by atoms with van der Waals surface area (Å²) in [6, 6.07) is 12.1. The van der Waals surface area contributed by atoms with Gasteiger partial charge in [0, 0.05) is 9.90 Å². The molecule has 0 radical (unpaired) electrons. The lowest BCUT2D eigenvalue weighted by Gasteiger charge is -2.08. The van der Waals surface area contributed by atoms with Crippen LogP contribution in [0.15, 0.2) is 48.5 Å². The van der Waals surface area contributed by atoms with Crippen LogP contribution in [0.25, 0.3) is 10.4 Å². The van der Waals surface area contributed by atoms with Gasteiger partial charge < -0.3 is 10.6 Å². The van der Waals surface area contributed by atoms with Gasteiger partial charge in [0.05, 0.1) is 17.1 Å². The summed E-state index contributed by atoms with van der Waals surface area (Å²) >= 11 is 7.07. The Labute approximate surface area is 167 Å². The predicted octanol–water partition coefficient (Wildman–Crippen LogP) is 4.85. The largest absolute Gasteiger partial charge is 0.342 e. The molecule has 144 valence electrons. The van der Waals surface area contributed by atoms with Crippen molar-refractivity contribution in [1.82, 2.24) is 5.32 Å². The molecule has 2 N–H and O–H groups in total. The van der Waals surface area contributed by atoms with Crippen molar-refractivity contribution >= 4 is 40.4 Å². The number of hydrogen-bond acceptors (Lipinski definition) is 3. The quantitative estimate of drug-likeness (QED) is 0.575. The molecular weight excluding hydrogens is 413 g/mol. The molecule has 28 heavy (non-hydrogen) atoms. The summed E-state index contributed by atoms with van der Waals surface area (Å²) in [6.45, 7) is -0.467. The average molecular weight is 425 g/mol. The Morgan fingerprint density at radius 3 is 2.36 bits per heavy atom. The highest BCUT2D eigenvalue weighted by atomic mass is 35.5. The second kappa shape index (κ2) is 8.45. The van der Waals surface area contributed by atoms with Gasteiger partial charge in [0.1, 0.15) is 0 Å². The number of hydrogen-bond donors (Lipinski definition) is 2. The number of thiophene rings is 1. The average Bonchev–Trinajstić information content (AvgIpc) is 3.17. The molecule has 4 nitrogen and oxygen atoms in total. The number of rotatable bonds is 5. The van der Waals surface area contributed by atoms with Crippen molar-refractivity contribution in [3.63, 3.8) is 0 Å². The Morgan fingerprint density at radius 2 is 1.64 bits per heavy atom. The first kappa shape index (κ1) is 19.9. The Morgan fingerprint density at radius 1 is 0.929 bits per heavy atom. The van der Waals surface area contributed by atoms with Crippen LogP contribution in [0.5, 0.6) is 0 Å². The van der Waals surface area contributed by atoms with E-state index in [-0.39, 0.29) is 0 Å². The second-order valence-electron chi connectivity index (χ2n) is 5.62. The SMILES string of the molecule is O=C(CNC(=O)c1ccc(-c2ccc(Cl)cc2)s1)Nc1ccc(F)c(F)c1F. The zero-order valence-corrected chi connectivity index (χ0v) is 15.6. The molecule has 2 aromatic carbocycles. The molecule has 1 aromatic heterocycles. The summed E-state index contributed by atoms with van der Waals surface area (Å²) < 4.78 is 39.6. The van der Waals surface area contributed by atoms with E-state index >= 15 is 0 Å². The third-order valence-electron chi connectivity index (χ3n) is 3.68. The molecular formula is C19H12ClF3N2O2S. The number of carbonyl (C=O) groups excluding carboxylic acids is 2. The number of anilines is 1. The molecule has 2 amide bonds. The molecule has 3 rings (SSSR count). The highest BCUT2D eigenvalue weighted by Crippen LogP contribution is 2.29. The summed E-state index contributed by atoms with van der Waals surface area (Å²) in [5.74, 6) is -5.84. The number of amides is 2. The van der Waals surface area contributed by atoms with Crippen LogP contribution in [0.2, 0.25) is 5.02 Å². The summed E-state index contributed by atoms with van der Waals surface area (Å²) in [5, 5.41) is 5.06. The van der Waals surface area contributed by atoms with Gasteiger partial charge in [-0.1, -0.05) is 23.7 Å². The third-order valence-corrected chi connectivity index (χ3v) is 5.06. The first-order valence-corrected chi connectivity index (χ1v) is 9.12. The fourth-order valence-electron chi connectivity index (χ4n) is 2.29. The van der Waals surface area contributed by atoms with E-state index in [0.717, 1.165) is 16.5 Å². The molecule has 0 bridgehead atoms. The first-order valence-electron chi connectivity index (χ1n) is 7.92. The second-order valence-corrected chi connectivity index (χ2v) is 7.14. The van der Waals surface area contributed by atoms with Crippen molar-refractivity contribution in [2.24, 2.45) is 0 Å². The van der Waals surface area contributed by atoms with Crippen LogP contribution in [0.3, 0.4) is 0 Å². The maximum Gasteiger partial charge on any atom is 0.261 e. The van der Waals surface area contributed by atoms with Crippen LogP contribution in [0, 0.1) is 17.5 Å². The molecule has 0 spiro atoms. The van der Waals surface area contributed by atoms with E-state index in [9.17, 15) is 22.8 Å². The monoisotopic (exact) mass is 424 g/mol. The Balaban J connectivity index is 1.59. The minimum Gasteiger partial charge on any atom is -0.342 e. The minimum absolute atomic E-state index is 0.372. The van der Waals surface area contributed by atoms with E-state index in [1.165, 1.54) is 11.3 Å². The molecule has 0 saturated heterocycles. The minimum atomic E-state index is -1.69. The van der Waals surface area contributed by atoms with Crippen LogP contribution in [0.4, 0.5) is 18.9 Å². The van der Waals surface area contributed by atoms with E-state index in [4.69, 9.17) is 11.6 Å². The van der Waals surface area contributed by atoms with Crippen molar-refractivity contribution in [2.45, 2.75) is 0 Å². The molecule has 9 heteroatoms. The van der Waals surface area contributed by atoms with Gasteiger partial charge in [0.25, 0.3) is 5.91 Å². The highest BCUT2D eigenvalue weighted by Gasteiger charge is 2.16. The van der Waals surface area contributed by atoms with Crippen molar-refractivity contribution < 1.29 is 22.8 Å². The number of nitrogens with one attached hydrogen (secondary N) is 2. The van der Waals surface area contributed by atoms with Crippen LogP contribution < -0.4 is 10.6 Å². The molecule has 3 aromatic rings. The number of carbonyl (C=O) groups is 2. The fraction of sp³-hybridized carbons (Fsp3) is 0.0526. The summed E-state index contributed by atoms with van der Waals surface area (Å²) in [4.78, 5) is 25.2. The van der Waals surface area contributed by atoms with Gasteiger partial charge in [-0.05, 0) is 42.0 Å². The summed E-state index contributed by atoms with van der Waals surface area (Å²) in [6.07, 6.45) is 0. The van der Waals surface area contributed by atoms with Crippen LogP contribution in [-0.2, 0) is 4.79 Å². The molecule has 1 heterocycles. The molecule has 0 atom stereocenters. The zero-order valence-electron chi connectivity index (χ0n) is 14.1. The maximum absolute atomic E-state index is 13.6. The van der Waals surface area contributed by atoms with E-state index in [1.54, 1.807) is 24.3 Å². The third kappa shape index (κ3) is 4.52. The Kier molecular flexibility index (Phi) is 6.01. The van der Waals surface area contributed by atoms with Gasteiger partial charge in [0.2, 0.25) is 5.91 Å². The maximum atomic E-state index is 13.6. The van der Waals surface area contributed by atoms with Gasteiger partial charge in [-0.3, -0.25) is 9.59 Å². The van der Waals surface area contributed by atoms with E-state index in [1.807, 2.05) is 12.1 Å². The number of benzene rings is 2. The molecule has 0 aliphatic rings. The molecule has 0 unspecified atom stereocenters. The summed E-state index contributed by atoms with van der Waals surface area (Å²) in [5.41, 5.74) is 0.374. The van der Waals surface area contributed by atoms with Gasteiger partial charge >= 0.3 is 0 Å². The zero-order chi connectivity index (χ0) is 20.3. The van der Waals surface area contributed by atoms with Gasteiger partial charge in [0.15, 0.2) is 17.5 Å². The molecule has 0 fully saturated rings. The lowest BCUT2D eigenvalue weighted by molar-refractivity contribution is -0.115. The van der Waals surface area contributed by atoms with Crippen molar-refractivity contribution in [1.29, 1.82) is 0 Å². The smallest absolute Gasteiger partial charge is 0.261 e. The van der Waals surface area contributed by atoms with Crippen molar-refractivity contribution in [3.8, 4) is 10.4 Å². The Bertz CT molecular complexity index is 1040. The van der Waals surface area contributed by atoms with Crippen LogP contribution >= 0.6 is 22.9 Å². The summed E-state index contributed by atoms with van der Waals surface area (Å²) in [7, 11) is 0. The first-order chi connectivity index (χ1) is 13.3. The fourth-order valence-corrected chi connectivity index (χ4v) is 3.35. The van der Waals surface area contributed by atoms with Gasteiger partial charge in [-0.25, -0.2) is 13.2 Å². The molecule has 0 saturated carbocycles. The topological polar surface area (TPSA) is 58.2 Å². The lowest BCUT2D eigenvalue weighted by atomic mass is 10.2. The number of halogens is 4. The highest BCUT2D eigenvalue weighted by molar-refractivity contribution is 7.17. The Hall–Kier alpha value is -2.84. The normalized spacial score (nSPS) is 10.6. The van der Waals surface area contributed by atoms with E-state index < -0.39 is 41.5 Å². The van der Waals surface area contributed by atoms with Crippen LogP contribution in [0.1, 0.15) is 9.67 Å². The van der Waals surface area contributed by atoms with Gasteiger partial charge in [-0.15, -0.1) is 11.3 Å². The van der Waals surface area contributed by atoms with Crippen LogP contribution in [-0.4, -0.2) is 18.4 Å². The van der Waals surface area contributed by atoms with E-state index in [2.05, 4.69) is 10.6 Å². The van der Waals surface area contributed by atoms with Crippen molar-refractivity contribution in [3.05, 3.63) is 75.9 Å². The molecule has 0 aliphatic heterocycles. The standard InChI is InChI=1S/C19H12ClF3N2O2S/c20-11-3-1-10(2-4-11)14-7-8-15(28-14)19(27)24-9-16(26)25-13-6-5-12(21)17(22)18(13)23/h1-8H,9H2,(H,24,27)(H,25,26). The van der Waals surface area contributed by atoms with E-state index in [0.29, 0.717) is 16.0 Å².